The maximum absolute atomic E-state index is 9.37. The molecule has 2 N–H and O–H groups in total. The second-order valence-electron chi connectivity index (χ2n) is 6.13. The predicted octanol–water partition coefficient (Wildman–Crippen LogP) is 2.67. The largest absolute Gasteiger partial charge is 0.394 e. The SMILES string of the molecule is Cc1c(Cl)nc(C(C)(C)C)nc1NC1(CO)CC1. The Bertz CT molecular complexity index is 464. The molecule has 0 saturated heterocycles. The van der Waals surface area contributed by atoms with E-state index in [0.717, 1.165) is 24.2 Å². The predicted molar refractivity (Wildman–Crippen MR) is 73.2 cm³/mol. The fourth-order valence-electron chi connectivity index (χ4n) is 1.67. The molecule has 0 aromatic carbocycles. The summed E-state index contributed by atoms with van der Waals surface area (Å²) < 4.78 is 0. The van der Waals surface area contributed by atoms with Gasteiger partial charge in [-0.3, -0.25) is 0 Å². The van der Waals surface area contributed by atoms with E-state index in [1.165, 1.54) is 0 Å². The fraction of sp³-hybridized carbons (Fsp3) is 0.692. The maximum atomic E-state index is 9.37. The van der Waals surface area contributed by atoms with Crippen molar-refractivity contribution < 1.29 is 5.11 Å². The van der Waals surface area contributed by atoms with Gasteiger partial charge in [0.15, 0.2) is 0 Å². The van der Waals surface area contributed by atoms with Crippen LogP contribution in [0.5, 0.6) is 0 Å². The monoisotopic (exact) mass is 269 g/mol. The van der Waals surface area contributed by atoms with Crippen LogP contribution in [0.25, 0.3) is 0 Å². The quantitative estimate of drug-likeness (QED) is 0.829. The molecule has 5 heteroatoms. The lowest BCUT2D eigenvalue weighted by Gasteiger charge is -2.22. The van der Waals surface area contributed by atoms with Crippen molar-refractivity contribution in [1.29, 1.82) is 0 Å². The van der Waals surface area contributed by atoms with Crippen molar-refractivity contribution in [3.05, 3.63) is 16.5 Å². The molecule has 0 spiro atoms. The molecule has 18 heavy (non-hydrogen) atoms. The number of halogens is 1. The van der Waals surface area contributed by atoms with Crippen molar-refractivity contribution in [2.75, 3.05) is 11.9 Å². The van der Waals surface area contributed by atoms with Crippen LogP contribution in [0.15, 0.2) is 0 Å². The number of nitrogens with one attached hydrogen (secondary N) is 1. The molecule has 0 amide bonds. The number of hydrogen-bond donors (Lipinski definition) is 2. The van der Waals surface area contributed by atoms with Gasteiger partial charge in [-0.15, -0.1) is 0 Å². The van der Waals surface area contributed by atoms with E-state index in [-0.39, 0.29) is 17.6 Å². The van der Waals surface area contributed by atoms with Crippen LogP contribution < -0.4 is 5.32 Å². The lowest BCUT2D eigenvalue weighted by Crippen LogP contribution is -2.28. The summed E-state index contributed by atoms with van der Waals surface area (Å²) in [7, 11) is 0. The van der Waals surface area contributed by atoms with Gasteiger partial charge in [-0.2, -0.15) is 0 Å². The number of rotatable bonds is 3. The summed E-state index contributed by atoms with van der Waals surface area (Å²) in [6.45, 7) is 8.17. The topological polar surface area (TPSA) is 58.0 Å². The Balaban J connectivity index is 2.37. The highest BCUT2D eigenvalue weighted by Gasteiger charge is 2.43. The molecule has 0 radical (unpaired) electrons. The van der Waals surface area contributed by atoms with Gasteiger partial charge in [-0.25, -0.2) is 9.97 Å². The number of anilines is 1. The highest BCUT2D eigenvalue weighted by molar-refractivity contribution is 6.30. The molecule has 0 bridgehead atoms. The molecule has 1 aliphatic carbocycles. The van der Waals surface area contributed by atoms with Gasteiger partial charge in [0.05, 0.1) is 12.1 Å². The molecule has 1 fully saturated rings. The molecular weight excluding hydrogens is 250 g/mol. The van der Waals surface area contributed by atoms with Crippen LogP contribution in [0.2, 0.25) is 5.15 Å². The van der Waals surface area contributed by atoms with Crippen LogP contribution >= 0.6 is 11.6 Å². The minimum Gasteiger partial charge on any atom is -0.394 e. The zero-order chi connectivity index (χ0) is 13.6. The van der Waals surface area contributed by atoms with Gasteiger partial charge in [0, 0.05) is 11.0 Å². The Labute approximate surface area is 113 Å². The summed E-state index contributed by atoms with van der Waals surface area (Å²) in [5, 5.41) is 13.2. The van der Waals surface area contributed by atoms with Gasteiger partial charge >= 0.3 is 0 Å². The minimum atomic E-state index is -0.197. The third-order valence-electron chi connectivity index (χ3n) is 3.30. The van der Waals surface area contributed by atoms with E-state index >= 15 is 0 Å². The van der Waals surface area contributed by atoms with Crippen LogP contribution in [0.3, 0.4) is 0 Å². The van der Waals surface area contributed by atoms with Crippen LogP contribution in [0.1, 0.15) is 45.0 Å². The Kier molecular flexibility index (Phi) is 3.28. The second kappa shape index (κ2) is 4.35. The zero-order valence-electron chi connectivity index (χ0n) is 11.3. The molecule has 0 unspecified atom stereocenters. The second-order valence-corrected chi connectivity index (χ2v) is 6.48. The summed E-state index contributed by atoms with van der Waals surface area (Å²) in [4.78, 5) is 8.89. The first-order chi connectivity index (χ1) is 8.27. The highest BCUT2D eigenvalue weighted by Crippen LogP contribution is 2.39. The van der Waals surface area contributed by atoms with E-state index in [1.54, 1.807) is 0 Å². The molecule has 0 aliphatic heterocycles. The van der Waals surface area contributed by atoms with Crippen LogP contribution in [0.4, 0.5) is 5.82 Å². The van der Waals surface area contributed by atoms with Crippen LogP contribution in [-0.4, -0.2) is 27.2 Å². The first-order valence-electron chi connectivity index (χ1n) is 6.21. The van der Waals surface area contributed by atoms with Gasteiger partial charge in [-0.1, -0.05) is 32.4 Å². The summed E-state index contributed by atoms with van der Waals surface area (Å²) in [6.07, 6.45) is 1.94. The summed E-state index contributed by atoms with van der Waals surface area (Å²) in [6, 6.07) is 0. The maximum Gasteiger partial charge on any atom is 0.137 e. The van der Waals surface area contributed by atoms with Crippen LogP contribution in [0, 0.1) is 6.92 Å². The Morgan fingerprint density at radius 3 is 2.39 bits per heavy atom. The summed E-state index contributed by atoms with van der Waals surface area (Å²) >= 11 is 6.16. The number of hydrogen-bond acceptors (Lipinski definition) is 4. The van der Waals surface area contributed by atoms with Gasteiger partial charge in [-0.05, 0) is 19.8 Å². The third kappa shape index (κ3) is 2.59. The molecule has 0 atom stereocenters. The summed E-state index contributed by atoms with van der Waals surface area (Å²) in [5.41, 5.74) is 0.491. The van der Waals surface area contributed by atoms with Crippen molar-refractivity contribution in [3.8, 4) is 0 Å². The third-order valence-corrected chi connectivity index (χ3v) is 3.67. The Morgan fingerprint density at radius 1 is 1.33 bits per heavy atom. The van der Waals surface area contributed by atoms with Gasteiger partial charge in [0.1, 0.15) is 16.8 Å². The average molecular weight is 270 g/mol. The minimum absolute atomic E-state index is 0.124. The molecule has 1 aromatic rings. The van der Waals surface area contributed by atoms with Crippen molar-refractivity contribution in [2.24, 2.45) is 0 Å². The molecule has 1 heterocycles. The van der Waals surface area contributed by atoms with Gasteiger partial charge in [0.2, 0.25) is 0 Å². The molecule has 100 valence electrons. The smallest absolute Gasteiger partial charge is 0.137 e. The zero-order valence-corrected chi connectivity index (χ0v) is 12.1. The van der Waals surface area contributed by atoms with Gasteiger partial charge < -0.3 is 10.4 Å². The standard InChI is InChI=1S/C13H20ClN3O/c1-8-9(14)15-11(12(2,3)4)16-10(8)17-13(7-18)5-6-13/h18H,5-7H2,1-4H3,(H,15,16,17). The van der Waals surface area contributed by atoms with Crippen LogP contribution in [-0.2, 0) is 5.41 Å². The normalized spacial score (nSPS) is 17.7. The highest BCUT2D eigenvalue weighted by atomic mass is 35.5. The first-order valence-corrected chi connectivity index (χ1v) is 6.59. The fourth-order valence-corrected chi connectivity index (χ4v) is 1.84. The van der Waals surface area contributed by atoms with Crippen molar-refractivity contribution in [2.45, 2.75) is 51.5 Å². The van der Waals surface area contributed by atoms with E-state index in [0.29, 0.717) is 11.0 Å². The molecule has 1 saturated carbocycles. The molecule has 1 aromatic heterocycles. The first kappa shape index (κ1) is 13.6. The lowest BCUT2D eigenvalue weighted by atomic mass is 9.95. The average Bonchev–Trinajstić information content (AvgIpc) is 3.04. The molecular formula is C13H20ClN3O. The number of aromatic nitrogens is 2. The van der Waals surface area contributed by atoms with Crippen molar-refractivity contribution in [3.63, 3.8) is 0 Å². The van der Waals surface area contributed by atoms with E-state index in [2.05, 4.69) is 36.1 Å². The Morgan fingerprint density at radius 2 is 1.94 bits per heavy atom. The van der Waals surface area contributed by atoms with Crippen molar-refractivity contribution in [1.82, 2.24) is 9.97 Å². The molecule has 4 nitrogen and oxygen atoms in total. The number of aliphatic hydroxyl groups is 1. The Hall–Kier alpha value is -0.870. The van der Waals surface area contributed by atoms with E-state index in [9.17, 15) is 5.11 Å². The lowest BCUT2D eigenvalue weighted by molar-refractivity contribution is 0.266. The van der Waals surface area contributed by atoms with E-state index in [1.807, 2.05) is 6.92 Å². The van der Waals surface area contributed by atoms with E-state index in [4.69, 9.17) is 11.6 Å². The summed E-state index contributed by atoms with van der Waals surface area (Å²) in [5.74, 6) is 1.46. The molecule has 1 aliphatic rings. The number of nitrogens with zero attached hydrogens (tertiary/aromatic N) is 2. The van der Waals surface area contributed by atoms with Gasteiger partial charge in [0.25, 0.3) is 0 Å². The van der Waals surface area contributed by atoms with E-state index < -0.39 is 0 Å². The molecule has 2 rings (SSSR count). The van der Waals surface area contributed by atoms with Crippen molar-refractivity contribution >= 4 is 17.4 Å². The number of aliphatic hydroxyl groups excluding tert-OH is 1.